The summed E-state index contributed by atoms with van der Waals surface area (Å²) in [5.74, 6) is 0.326. The van der Waals surface area contributed by atoms with Gasteiger partial charge in [-0.2, -0.15) is 5.10 Å². The number of hydrogen-bond acceptors (Lipinski definition) is 4. The number of benzene rings is 1. The molecule has 3 rings (SSSR count). The van der Waals surface area contributed by atoms with Gasteiger partial charge in [-0.05, 0) is 19.1 Å². The summed E-state index contributed by atoms with van der Waals surface area (Å²) < 4.78 is 24.9. The Morgan fingerprint density at radius 3 is 2.56 bits per heavy atom. The van der Waals surface area contributed by atoms with Gasteiger partial charge in [0, 0.05) is 5.56 Å². The molecule has 5 nitrogen and oxygen atoms in total. The van der Waals surface area contributed by atoms with Crippen molar-refractivity contribution < 1.29 is 8.42 Å². The number of anilines is 1. The van der Waals surface area contributed by atoms with Crippen molar-refractivity contribution in [2.24, 2.45) is 0 Å². The first-order valence-corrected chi connectivity index (χ1v) is 7.42. The first-order chi connectivity index (χ1) is 8.46. The van der Waals surface area contributed by atoms with Crippen molar-refractivity contribution in [2.75, 3.05) is 5.73 Å². The number of sulfone groups is 1. The number of nitrogens with two attached hydrogens (primary N) is 1. The van der Waals surface area contributed by atoms with E-state index in [1.54, 1.807) is 4.68 Å². The number of nitrogens with zero attached hydrogens (tertiary/aromatic N) is 2. The Labute approximate surface area is 105 Å². The van der Waals surface area contributed by atoms with Crippen LogP contribution in [0, 0.1) is 6.92 Å². The van der Waals surface area contributed by atoms with Crippen molar-refractivity contribution in [3.05, 3.63) is 41.1 Å². The number of nitrogen functional groups attached to an aromatic ring is 1. The van der Waals surface area contributed by atoms with Crippen LogP contribution in [0.3, 0.4) is 0 Å². The van der Waals surface area contributed by atoms with Crippen LogP contribution in [0.15, 0.2) is 24.3 Å². The van der Waals surface area contributed by atoms with E-state index in [-0.39, 0.29) is 11.5 Å². The van der Waals surface area contributed by atoms with Crippen LogP contribution in [0.1, 0.15) is 16.8 Å². The Morgan fingerprint density at radius 1 is 1.22 bits per heavy atom. The predicted molar refractivity (Wildman–Crippen MR) is 69.0 cm³/mol. The summed E-state index contributed by atoms with van der Waals surface area (Å²) in [6, 6.07) is 7.74. The van der Waals surface area contributed by atoms with E-state index in [4.69, 9.17) is 5.73 Å². The van der Waals surface area contributed by atoms with Crippen LogP contribution in [0.4, 0.5) is 5.82 Å². The molecule has 0 unspecified atom stereocenters. The van der Waals surface area contributed by atoms with Gasteiger partial charge in [0.1, 0.15) is 5.82 Å². The smallest absolute Gasteiger partial charge is 0.160 e. The Bertz CT molecular complexity index is 715. The van der Waals surface area contributed by atoms with Crippen molar-refractivity contribution >= 4 is 15.7 Å². The van der Waals surface area contributed by atoms with Crippen LogP contribution in [-0.2, 0) is 21.3 Å². The lowest BCUT2D eigenvalue weighted by atomic mass is 10.2. The van der Waals surface area contributed by atoms with Crippen LogP contribution in [0.5, 0.6) is 0 Å². The summed E-state index contributed by atoms with van der Waals surface area (Å²) in [5, 5.41) is 4.23. The van der Waals surface area contributed by atoms with Crippen LogP contribution in [-0.4, -0.2) is 18.2 Å². The standard InChI is InChI=1S/C12H13N3O2S/c1-8-2-4-9(5-3-8)15-11-7-18(16,17)6-10(11)12(13)14-15/h2-5H,6-7H2,1H3,(H2,13,14). The first-order valence-electron chi connectivity index (χ1n) is 5.60. The van der Waals surface area contributed by atoms with Crippen molar-refractivity contribution in [3.8, 4) is 5.69 Å². The van der Waals surface area contributed by atoms with Crippen LogP contribution < -0.4 is 5.73 Å². The molecule has 0 saturated heterocycles. The molecule has 6 heteroatoms. The fourth-order valence-corrected chi connectivity index (χ4v) is 3.76. The predicted octanol–water partition coefficient (Wildman–Crippen LogP) is 1.19. The third-order valence-corrected chi connectivity index (χ3v) is 4.56. The second-order valence-corrected chi connectivity index (χ2v) is 6.65. The molecule has 0 bridgehead atoms. The average molecular weight is 263 g/mol. The molecule has 2 heterocycles. The molecule has 2 aromatic rings. The normalized spacial score (nSPS) is 16.7. The molecule has 0 radical (unpaired) electrons. The van der Waals surface area contributed by atoms with Gasteiger partial charge in [-0.25, -0.2) is 13.1 Å². The summed E-state index contributed by atoms with van der Waals surface area (Å²) in [6.07, 6.45) is 0. The van der Waals surface area contributed by atoms with E-state index in [0.29, 0.717) is 17.1 Å². The summed E-state index contributed by atoms with van der Waals surface area (Å²) >= 11 is 0. The van der Waals surface area contributed by atoms with Gasteiger partial charge in [0.05, 0.1) is 22.9 Å². The van der Waals surface area contributed by atoms with E-state index >= 15 is 0 Å². The molecule has 18 heavy (non-hydrogen) atoms. The minimum atomic E-state index is -3.06. The Hall–Kier alpha value is -1.82. The fourth-order valence-electron chi connectivity index (χ4n) is 2.19. The number of rotatable bonds is 1. The number of aromatic nitrogens is 2. The Balaban J connectivity index is 2.16. The minimum Gasteiger partial charge on any atom is -0.382 e. The second-order valence-electron chi connectivity index (χ2n) is 4.59. The van der Waals surface area contributed by atoms with Crippen molar-refractivity contribution in [1.29, 1.82) is 0 Å². The number of aryl methyl sites for hydroxylation is 1. The highest BCUT2D eigenvalue weighted by molar-refractivity contribution is 7.90. The van der Waals surface area contributed by atoms with Gasteiger partial charge in [-0.1, -0.05) is 17.7 Å². The third kappa shape index (κ3) is 1.69. The van der Waals surface area contributed by atoms with Gasteiger partial charge in [0.15, 0.2) is 9.84 Å². The maximum Gasteiger partial charge on any atom is 0.160 e. The van der Waals surface area contributed by atoms with Crippen LogP contribution in [0.2, 0.25) is 0 Å². The molecule has 1 aliphatic rings. The molecule has 1 aromatic carbocycles. The number of hydrogen-bond donors (Lipinski definition) is 1. The maximum absolute atomic E-state index is 11.6. The molecule has 0 amide bonds. The minimum absolute atomic E-state index is 0.0000278. The van der Waals surface area contributed by atoms with Crippen LogP contribution >= 0.6 is 0 Å². The molecule has 0 fully saturated rings. The highest BCUT2D eigenvalue weighted by Crippen LogP contribution is 2.31. The molecular formula is C12H13N3O2S. The Morgan fingerprint density at radius 2 is 1.89 bits per heavy atom. The van der Waals surface area contributed by atoms with Gasteiger partial charge < -0.3 is 5.73 Å². The lowest BCUT2D eigenvalue weighted by Gasteiger charge is -2.05. The summed E-state index contributed by atoms with van der Waals surface area (Å²) in [5.41, 5.74) is 9.10. The van der Waals surface area contributed by atoms with E-state index in [9.17, 15) is 8.42 Å². The molecule has 1 aliphatic heterocycles. The molecule has 2 N–H and O–H groups in total. The zero-order chi connectivity index (χ0) is 12.9. The first kappa shape index (κ1) is 11.3. The Kier molecular flexibility index (Phi) is 2.25. The fraction of sp³-hybridized carbons (Fsp3) is 0.250. The molecular weight excluding hydrogens is 250 g/mol. The largest absolute Gasteiger partial charge is 0.382 e. The van der Waals surface area contributed by atoms with E-state index in [2.05, 4.69) is 5.10 Å². The molecule has 1 aromatic heterocycles. The number of fused-ring (bicyclic) bond motifs is 1. The molecule has 94 valence electrons. The summed E-state index contributed by atoms with van der Waals surface area (Å²) in [7, 11) is -3.06. The SMILES string of the molecule is Cc1ccc(-n2nc(N)c3c2CS(=O)(=O)C3)cc1. The van der Waals surface area contributed by atoms with E-state index in [0.717, 1.165) is 11.3 Å². The van der Waals surface area contributed by atoms with Crippen molar-refractivity contribution in [1.82, 2.24) is 9.78 Å². The summed E-state index contributed by atoms with van der Waals surface area (Å²) in [4.78, 5) is 0. The second kappa shape index (κ2) is 3.58. The lowest BCUT2D eigenvalue weighted by Crippen LogP contribution is -2.05. The molecule has 0 atom stereocenters. The molecule has 0 saturated carbocycles. The van der Waals surface area contributed by atoms with Gasteiger partial charge in [-0.3, -0.25) is 0 Å². The molecule has 0 spiro atoms. The molecule has 0 aliphatic carbocycles. The maximum atomic E-state index is 11.6. The third-order valence-electron chi connectivity index (χ3n) is 3.12. The monoisotopic (exact) mass is 263 g/mol. The van der Waals surface area contributed by atoms with Gasteiger partial charge >= 0.3 is 0 Å². The van der Waals surface area contributed by atoms with Crippen molar-refractivity contribution in [3.63, 3.8) is 0 Å². The lowest BCUT2D eigenvalue weighted by molar-refractivity contribution is 0.596. The topological polar surface area (TPSA) is 78.0 Å². The highest BCUT2D eigenvalue weighted by Gasteiger charge is 2.31. The highest BCUT2D eigenvalue weighted by atomic mass is 32.2. The van der Waals surface area contributed by atoms with Gasteiger partial charge in [0.25, 0.3) is 0 Å². The van der Waals surface area contributed by atoms with E-state index in [1.165, 1.54) is 0 Å². The van der Waals surface area contributed by atoms with Gasteiger partial charge in [-0.15, -0.1) is 0 Å². The zero-order valence-electron chi connectivity index (χ0n) is 9.92. The van der Waals surface area contributed by atoms with E-state index in [1.807, 2.05) is 31.2 Å². The van der Waals surface area contributed by atoms with Crippen molar-refractivity contribution in [2.45, 2.75) is 18.4 Å². The summed E-state index contributed by atoms with van der Waals surface area (Å²) in [6.45, 7) is 2.00. The van der Waals surface area contributed by atoms with E-state index < -0.39 is 9.84 Å². The van der Waals surface area contributed by atoms with Crippen LogP contribution in [0.25, 0.3) is 5.69 Å². The zero-order valence-corrected chi connectivity index (χ0v) is 10.7. The average Bonchev–Trinajstić information content (AvgIpc) is 2.76. The quantitative estimate of drug-likeness (QED) is 0.838. The van der Waals surface area contributed by atoms with Gasteiger partial charge in [0.2, 0.25) is 0 Å².